The van der Waals surface area contributed by atoms with Gasteiger partial charge in [0, 0.05) is 18.6 Å². The first-order valence-electron chi connectivity index (χ1n) is 8.38. The summed E-state index contributed by atoms with van der Waals surface area (Å²) in [5, 5.41) is 12.0. The number of fused-ring (bicyclic) bond motifs is 2. The number of nitrogens with two attached hydrogens (primary N) is 1. The Balaban J connectivity index is 1.40. The molecule has 1 aromatic rings. The Labute approximate surface area is 149 Å². The van der Waals surface area contributed by atoms with Crippen LogP contribution in [0.25, 0.3) is 0 Å². The molecule has 4 rings (SSSR count). The molecule has 3 aliphatic rings. The number of hydroxylamine groups is 2. The second-order valence-corrected chi connectivity index (χ2v) is 7.86. The fraction of sp³-hybridized carbons (Fsp3) is 0.769. The molecule has 144 valence electrons. The molecule has 26 heavy (non-hydrogen) atoms. The van der Waals surface area contributed by atoms with Gasteiger partial charge >= 0.3 is 16.4 Å². The molecule has 3 fully saturated rings. The summed E-state index contributed by atoms with van der Waals surface area (Å²) in [5.74, 6) is 0.716. The van der Waals surface area contributed by atoms with E-state index in [-0.39, 0.29) is 12.6 Å². The van der Waals surface area contributed by atoms with Crippen LogP contribution in [0.1, 0.15) is 43.5 Å². The molecule has 0 unspecified atom stereocenters. The number of carbonyl (C=O) groups is 1. The van der Waals surface area contributed by atoms with Crippen molar-refractivity contribution in [2.75, 3.05) is 6.54 Å². The minimum absolute atomic E-state index is 0.245. The van der Waals surface area contributed by atoms with Gasteiger partial charge in [-0.05, 0) is 25.7 Å². The van der Waals surface area contributed by atoms with E-state index in [9.17, 15) is 13.2 Å². The maximum atomic E-state index is 12.4. The standard InChI is InChI=1S/C13H20N6O6S/c14-7-3-8(4-7)15-5-11-16-17-12(24-11)10-2-1-9-6-18(10)13(20)19(9)25-26(21,22)23/h7-10,15H,1-6,14H2,(H,21,22,23)/t7?,8?,9-,10-/m0/s1. The lowest BCUT2D eigenvalue weighted by molar-refractivity contribution is -0.0317. The molecular formula is C13H20N6O6S. The van der Waals surface area contributed by atoms with Gasteiger partial charge < -0.3 is 20.4 Å². The summed E-state index contributed by atoms with van der Waals surface area (Å²) in [7, 11) is -4.76. The number of carbonyl (C=O) groups excluding carboxylic acids is 1. The van der Waals surface area contributed by atoms with Gasteiger partial charge in [0.1, 0.15) is 6.04 Å². The maximum Gasteiger partial charge on any atom is 0.418 e. The number of urea groups is 1. The first kappa shape index (κ1) is 17.6. The smallest absolute Gasteiger partial charge is 0.418 e. The fourth-order valence-electron chi connectivity index (χ4n) is 3.62. The van der Waals surface area contributed by atoms with E-state index >= 15 is 0 Å². The van der Waals surface area contributed by atoms with Crippen LogP contribution < -0.4 is 11.1 Å². The molecular weight excluding hydrogens is 368 g/mol. The van der Waals surface area contributed by atoms with E-state index in [1.54, 1.807) is 0 Å². The summed E-state index contributed by atoms with van der Waals surface area (Å²) >= 11 is 0. The summed E-state index contributed by atoms with van der Waals surface area (Å²) in [5.41, 5.74) is 5.74. The quantitative estimate of drug-likeness (QED) is 0.532. The third-order valence-corrected chi connectivity index (χ3v) is 5.33. The number of nitrogens with one attached hydrogen (secondary N) is 1. The van der Waals surface area contributed by atoms with Crippen LogP contribution in [0.3, 0.4) is 0 Å². The van der Waals surface area contributed by atoms with E-state index in [0.29, 0.717) is 42.3 Å². The predicted octanol–water partition coefficient (Wildman–Crippen LogP) is -0.676. The van der Waals surface area contributed by atoms with E-state index in [1.165, 1.54) is 4.90 Å². The largest absolute Gasteiger partial charge is 0.422 e. The minimum Gasteiger partial charge on any atom is -0.422 e. The fourth-order valence-corrected chi connectivity index (χ4v) is 4.01. The highest BCUT2D eigenvalue weighted by Crippen LogP contribution is 2.38. The van der Waals surface area contributed by atoms with Gasteiger partial charge in [0.25, 0.3) is 0 Å². The van der Waals surface area contributed by atoms with Crippen molar-refractivity contribution in [3.8, 4) is 0 Å². The van der Waals surface area contributed by atoms with Gasteiger partial charge in [-0.3, -0.25) is 4.55 Å². The molecule has 0 spiro atoms. The number of aromatic nitrogens is 2. The van der Waals surface area contributed by atoms with Crippen molar-refractivity contribution in [1.82, 2.24) is 25.5 Å². The van der Waals surface area contributed by atoms with Gasteiger partial charge in [-0.25, -0.2) is 4.79 Å². The number of amides is 2. The molecule has 2 bridgehead atoms. The molecule has 4 N–H and O–H groups in total. The number of nitrogens with zero attached hydrogens (tertiary/aromatic N) is 4. The number of rotatable bonds is 6. The summed E-state index contributed by atoms with van der Waals surface area (Å²) in [6, 6.07) is -0.965. The van der Waals surface area contributed by atoms with Crippen LogP contribution in [0.2, 0.25) is 0 Å². The topological polar surface area (TPSA) is 164 Å². The van der Waals surface area contributed by atoms with E-state index in [0.717, 1.165) is 12.8 Å². The Morgan fingerprint density at radius 1 is 1.35 bits per heavy atom. The van der Waals surface area contributed by atoms with E-state index in [1.807, 2.05) is 0 Å². The Morgan fingerprint density at radius 2 is 2.12 bits per heavy atom. The van der Waals surface area contributed by atoms with Crippen molar-refractivity contribution in [3.63, 3.8) is 0 Å². The summed E-state index contributed by atoms with van der Waals surface area (Å²) in [4.78, 5) is 13.8. The third-order valence-electron chi connectivity index (χ3n) is 4.98. The third kappa shape index (κ3) is 3.40. The molecule has 3 heterocycles. The van der Waals surface area contributed by atoms with E-state index in [4.69, 9.17) is 14.7 Å². The van der Waals surface area contributed by atoms with Crippen LogP contribution in [-0.2, 0) is 21.2 Å². The van der Waals surface area contributed by atoms with Crippen LogP contribution in [0.15, 0.2) is 4.42 Å². The van der Waals surface area contributed by atoms with Crippen LogP contribution in [0.4, 0.5) is 4.79 Å². The molecule has 1 aromatic heterocycles. The van der Waals surface area contributed by atoms with Crippen molar-refractivity contribution in [2.45, 2.75) is 56.4 Å². The highest BCUT2D eigenvalue weighted by atomic mass is 32.3. The molecule has 2 aliphatic heterocycles. The first-order chi connectivity index (χ1) is 12.3. The van der Waals surface area contributed by atoms with Crippen molar-refractivity contribution in [3.05, 3.63) is 11.8 Å². The lowest BCUT2D eigenvalue weighted by Crippen LogP contribution is -2.48. The minimum atomic E-state index is -4.76. The number of hydrogen-bond donors (Lipinski definition) is 3. The Kier molecular flexibility index (Phi) is 4.35. The zero-order chi connectivity index (χ0) is 18.5. The van der Waals surface area contributed by atoms with Crippen molar-refractivity contribution < 1.29 is 26.5 Å². The lowest BCUT2D eigenvalue weighted by atomic mass is 9.88. The highest BCUT2D eigenvalue weighted by Gasteiger charge is 2.49. The van der Waals surface area contributed by atoms with Gasteiger partial charge in [0.05, 0.1) is 12.6 Å². The van der Waals surface area contributed by atoms with Crippen LogP contribution in [0, 0.1) is 0 Å². The lowest BCUT2D eigenvalue weighted by Gasteiger charge is -2.32. The first-order valence-corrected chi connectivity index (χ1v) is 9.75. The monoisotopic (exact) mass is 388 g/mol. The Hall–Kier alpha value is -1.80. The molecule has 2 amide bonds. The van der Waals surface area contributed by atoms with Gasteiger partial charge in [-0.2, -0.15) is 13.5 Å². The molecule has 1 saturated carbocycles. The highest BCUT2D eigenvalue weighted by molar-refractivity contribution is 7.80. The molecule has 2 atom stereocenters. The summed E-state index contributed by atoms with van der Waals surface area (Å²) < 4.78 is 40.7. The number of piperidine rings is 1. The van der Waals surface area contributed by atoms with E-state index in [2.05, 4.69) is 19.8 Å². The maximum absolute atomic E-state index is 12.4. The van der Waals surface area contributed by atoms with Crippen LogP contribution in [0.5, 0.6) is 0 Å². The zero-order valence-electron chi connectivity index (χ0n) is 13.8. The average Bonchev–Trinajstić information content (AvgIpc) is 3.10. The second kappa shape index (κ2) is 6.42. The number of hydrogen-bond acceptors (Lipinski definition) is 9. The van der Waals surface area contributed by atoms with Gasteiger partial charge in [0.15, 0.2) is 0 Å². The van der Waals surface area contributed by atoms with Crippen molar-refractivity contribution in [2.24, 2.45) is 5.73 Å². The second-order valence-electron chi connectivity index (χ2n) is 6.85. The zero-order valence-corrected chi connectivity index (χ0v) is 14.6. The molecule has 0 radical (unpaired) electrons. The normalized spacial score (nSPS) is 31.4. The van der Waals surface area contributed by atoms with Gasteiger partial charge in [0.2, 0.25) is 11.8 Å². The molecule has 0 aromatic carbocycles. The Morgan fingerprint density at radius 3 is 2.81 bits per heavy atom. The molecule has 12 nitrogen and oxygen atoms in total. The molecule has 13 heteroatoms. The Bertz CT molecular complexity index is 793. The summed E-state index contributed by atoms with van der Waals surface area (Å²) in [6.07, 6.45) is 2.83. The van der Waals surface area contributed by atoms with Crippen LogP contribution >= 0.6 is 0 Å². The SMILES string of the molecule is NC1CC(NCc2nnc([C@@H]3CC[C@H]4CN3C(=O)N4OS(=O)(=O)O)o2)C1. The molecule has 1 aliphatic carbocycles. The summed E-state index contributed by atoms with van der Waals surface area (Å²) in [6.45, 7) is 0.681. The van der Waals surface area contributed by atoms with Crippen LogP contribution in [-0.4, -0.2) is 63.8 Å². The average molecular weight is 388 g/mol. The van der Waals surface area contributed by atoms with Gasteiger partial charge in [-0.1, -0.05) is 0 Å². The van der Waals surface area contributed by atoms with Crippen molar-refractivity contribution >= 4 is 16.4 Å². The van der Waals surface area contributed by atoms with E-state index < -0.39 is 28.5 Å². The molecule has 2 saturated heterocycles. The van der Waals surface area contributed by atoms with Crippen molar-refractivity contribution in [1.29, 1.82) is 0 Å². The van der Waals surface area contributed by atoms with Gasteiger partial charge in [-0.15, -0.1) is 14.5 Å². The predicted molar refractivity (Wildman–Crippen MR) is 84.5 cm³/mol.